The second-order valence-electron chi connectivity index (χ2n) is 4.14. The number of imidazole rings is 1. The zero-order valence-electron chi connectivity index (χ0n) is 10.2. The van der Waals surface area contributed by atoms with Crippen LogP contribution in [0, 0.1) is 0 Å². The number of aliphatic hydroxyl groups excluding tert-OH is 1. The fraction of sp³-hybridized carbons (Fsp3) is 0.500. The van der Waals surface area contributed by atoms with Gasteiger partial charge in [-0.2, -0.15) is 5.10 Å². The fourth-order valence-corrected chi connectivity index (χ4v) is 1.96. The van der Waals surface area contributed by atoms with E-state index < -0.39 is 6.10 Å². The van der Waals surface area contributed by atoms with Crippen molar-refractivity contribution < 1.29 is 5.11 Å². The van der Waals surface area contributed by atoms with Crippen LogP contribution in [-0.2, 0) is 20.0 Å². The molecule has 5 nitrogen and oxygen atoms in total. The highest BCUT2D eigenvalue weighted by atomic mass is 16.3. The molecule has 2 aromatic rings. The minimum Gasteiger partial charge on any atom is -0.386 e. The van der Waals surface area contributed by atoms with E-state index in [1.807, 2.05) is 19.3 Å². The zero-order valence-corrected chi connectivity index (χ0v) is 10.2. The van der Waals surface area contributed by atoms with Crippen molar-refractivity contribution in [1.29, 1.82) is 0 Å². The summed E-state index contributed by atoms with van der Waals surface area (Å²) in [4.78, 5) is 4.29. The molecule has 2 rings (SSSR count). The minimum atomic E-state index is -0.555. The van der Waals surface area contributed by atoms with Crippen LogP contribution in [0.2, 0.25) is 0 Å². The molecule has 1 unspecified atom stereocenters. The zero-order chi connectivity index (χ0) is 12.3. The molecule has 17 heavy (non-hydrogen) atoms. The molecule has 1 N–H and O–H groups in total. The minimum absolute atomic E-state index is 0.520. The van der Waals surface area contributed by atoms with Gasteiger partial charge in [0.2, 0.25) is 0 Å². The van der Waals surface area contributed by atoms with Crippen LogP contribution in [0.15, 0.2) is 24.7 Å². The van der Waals surface area contributed by atoms with Gasteiger partial charge in [-0.25, -0.2) is 4.98 Å². The molecule has 0 aliphatic rings. The highest BCUT2D eigenvalue weighted by Gasteiger charge is 2.14. The van der Waals surface area contributed by atoms with Gasteiger partial charge in [-0.05, 0) is 12.5 Å². The summed E-state index contributed by atoms with van der Waals surface area (Å²) in [6, 6.07) is 1.83. The second-order valence-corrected chi connectivity index (χ2v) is 4.14. The van der Waals surface area contributed by atoms with Crippen molar-refractivity contribution >= 4 is 0 Å². The molecule has 0 aliphatic heterocycles. The number of aromatic nitrogens is 4. The molecule has 0 saturated heterocycles. The molecular formula is C12H18N4O. The van der Waals surface area contributed by atoms with Crippen LogP contribution in [0.4, 0.5) is 0 Å². The van der Waals surface area contributed by atoms with Crippen molar-refractivity contribution in [2.45, 2.75) is 32.4 Å². The first-order valence-electron chi connectivity index (χ1n) is 5.88. The van der Waals surface area contributed by atoms with Gasteiger partial charge in [-0.15, -0.1) is 0 Å². The van der Waals surface area contributed by atoms with Gasteiger partial charge in [0.1, 0.15) is 11.9 Å². The predicted molar refractivity (Wildman–Crippen MR) is 64.4 cm³/mol. The standard InChI is InChI=1S/C12H18N4O/c1-3-7-16-8-6-13-12(16)9-11(17)10-4-5-14-15(10)2/h4-6,8,11,17H,3,7,9H2,1-2H3. The van der Waals surface area contributed by atoms with E-state index in [1.54, 1.807) is 17.1 Å². The van der Waals surface area contributed by atoms with Gasteiger partial charge < -0.3 is 9.67 Å². The summed E-state index contributed by atoms with van der Waals surface area (Å²) in [6.45, 7) is 3.06. The van der Waals surface area contributed by atoms with Crippen molar-refractivity contribution in [2.75, 3.05) is 0 Å². The molecule has 0 spiro atoms. The normalized spacial score (nSPS) is 12.9. The third-order valence-electron chi connectivity index (χ3n) is 2.84. The molecule has 0 aromatic carbocycles. The van der Waals surface area contributed by atoms with Crippen LogP contribution < -0.4 is 0 Å². The van der Waals surface area contributed by atoms with E-state index in [0.29, 0.717) is 6.42 Å². The van der Waals surface area contributed by atoms with Gasteiger partial charge in [-0.3, -0.25) is 4.68 Å². The Balaban J connectivity index is 2.10. The van der Waals surface area contributed by atoms with Crippen molar-refractivity contribution in [3.05, 3.63) is 36.2 Å². The molecule has 0 aliphatic carbocycles. The van der Waals surface area contributed by atoms with Gasteiger partial charge in [0.15, 0.2) is 0 Å². The van der Waals surface area contributed by atoms with E-state index in [0.717, 1.165) is 24.5 Å². The summed E-state index contributed by atoms with van der Waals surface area (Å²) in [5.41, 5.74) is 0.816. The molecule has 0 fully saturated rings. The first-order chi connectivity index (χ1) is 8.22. The quantitative estimate of drug-likeness (QED) is 0.848. The second kappa shape index (κ2) is 5.14. The average Bonchev–Trinajstić information content (AvgIpc) is 2.89. The van der Waals surface area contributed by atoms with E-state index in [4.69, 9.17) is 0 Å². The summed E-state index contributed by atoms with van der Waals surface area (Å²) >= 11 is 0. The summed E-state index contributed by atoms with van der Waals surface area (Å²) < 4.78 is 3.78. The molecular weight excluding hydrogens is 216 g/mol. The SMILES string of the molecule is CCCn1ccnc1CC(O)c1ccnn1C. The Kier molecular flexibility index (Phi) is 3.58. The maximum atomic E-state index is 10.1. The molecule has 2 aromatic heterocycles. The fourth-order valence-electron chi connectivity index (χ4n) is 1.96. The Morgan fingerprint density at radius 1 is 1.41 bits per heavy atom. The highest BCUT2D eigenvalue weighted by Crippen LogP contribution is 2.16. The van der Waals surface area contributed by atoms with E-state index in [1.165, 1.54) is 0 Å². The van der Waals surface area contributed by atoms with Crippen molar-refractivity contribution in [3.63, 3.8) is 0 Å². The van der Waals surface area contributed by atoms with Crippen LogP contribution in [0.3, 0.4) is 0 Å². The third-order valence-corrected chi connectivity index (χ3v) is 2.84. The average molecular weight is 234 g/mol. The molecule has 0 radical (unpaired) electrons. The van der Waals surface area contributed by atoms with Crippen molar-refractivity contribution in [1.82, 2.24) is 19.3 Å². The van der Waals surface area contributed by atoms with Gasteiger partial charge in [-0.1, -0.05) is 6.92 Å². The number of nitrogens with zero attached hydrogens (tertiary/aromatic N) is 4. The van der Waals surface area contributed by atoms with E-state index in [2.05, 4.69) is 21.6 Å². The molecule has 2 heterocycles. The number of rotatable bonds is 5. The molecule has 5 heteroatoms. The number of hydrogen-bond acceptors (Lipinski definition) is 3. The lowest BCUT2D eigenvalue weighted by atomic mass is 10.2. The Hall–Kier alpha value is -1.62. The number of hydrogen-bond donors (Lipinski definition) is 1. The summed E-state index contributed by atoms with van der Waals surface area (Å²) in [5, 5.41) is 14.2. The Morgan fingerprint density at radius 2 is 2.24 bits per heavy atom. The first kappa shape index (κ1) is 11.9. The molecule has 1 atom stereocenters. The largest absolute Gasteiger partial charge is 0.386 e. The molecule has 0 saturated carbocycles. The Labute approximate surface area is 101 Å². The maximum Gasteiger partial charge on any atom is 0.111 e. The first-order valence-corrected chi connectivity index (χ1v) is 5.88. The van der Waals surface area contributed by atoms with Gasteiger partial charge in [0, 0.05) is 38.6 Å². The van der Waals surface area contributed by atoms with Crippen molar-refractivity contribution in [2.24, 2.45) is 7.05 Å². The lowest BCUT2D eigenvalue weighted by molar-refractivity contribution is 0.164. The number of aliphatic hydroxyl groups is 1. The van der Waals surface area contributed by atoms with Gasteiger partial charge >= 0.3 is 0 Å². The smallest absolute Gasteiger partial charge is 0.111 e. The maximum absolute atomic E-state index is 10.1. The summed E-state index contributed by atoms with van der Waals surface area (Å²) in [6.07, 6.45) is 6.45. The summed E-state index contributed by atoms with van der Waals surface area (Å²) in [5.74, 6) is 0.917. The Bertz CT molecular complexity index is 474. The lowest BCUT2D eigenvalue weighted by Crippen LogP contribution is -2.12. The van der Waals surface area contributed by atoms with Gasteiger partial charge in [0.05, 0.1) is 5.69 Å². The van der Waals surface area contributed by atoms with E-state index >= 15 is 0 Å². The Morgan fingerprint density at radius 3 is 2.88 bits per heavy atom. The molecule has 0 bridgehead atoms. The van der Waals surface area contributed by atoms with Crippen LogP contribution in [-0.4, -0.2) is 24.4 Å². The third kappa shape index (κ3) is 2.55. The monoisotopic (exact) mass is 234 g/mol. The van der Waals surface area contributed by atoms with Crippen molar-refractivity contribution in [3.8, 4) is 0 Å². The van der Waals surface area contributed by atoms with Gasteiger partial charge in [0.25, 0.3) is 0 Å². The van der Waals surface area contributed by atoms with Crippen LogP contribution >= 0.6 is 0 Å². The van der Waals surface area contributed by atoms with E-state index in [-0.39, 0.29) is 0 Å². The van der Waals surface area contributed by atoms with E-state index in [9.17, 15) is 5.11 Å². The van der Waals surface area contributed by atoms with Crippen LogP contribution in [0.25, 0.3) is 0 Å². The lowest BCUT2D eigenvalue weighted by Gasteiger charge is -2.12. The predicted octanol–water partition coefficient (Wildman–Crippen LogP) is 1.30. The summed E-state index contributed by atoms with van der Waals surface area (Å²) in [7, 11) is 1.83. The van der Waals surface area contributed by atoms with Crippen LogP contribution in [0.5, 0.6) is 0 Å². The molecule has 0 amide bonds. The number of aryl methyl sites for hydroxylation is 2. The topological polar surface area (TPSA) is 55.9 Å². The highest BCUT2D eigenvalue weighted by molar-refractivity contribution is 5.07. The molecule has 92 valence electrons. The van der Waals surface area contributed by atoms with Crippen LogP contribution in [0.1, 0.15) is 31.0 Å².